The van der Waals surface area contributed by atoms with Crippen molar-refractivity contribution in [3.05, 3.63) is 98.4 Å². The number of hydrogen-bond acceptors (Lipinski definition) is 6. The van der Waals surface area contributed by atoms with Gasteiger partial charge < -0.3 is 14.6 Å². The average Bonchev–Trinajstić information content (AvgIpc) is 3.26. The highest BCUT2D eigenvalue weighted by molar-refractivity contribution is 9.10. The van der Waals surface area contributed by atoms with E-state index in [2.05, 4.69) is 37.3 Å². The van der Waals surface area contributed by atoms with Crippen LogP contribution in [0.1, 0.15) is 29.2 Å². The molecule has 1 aliphatic rings. The fourth-order valence-corrected chi connectivity index (χ4v) is 4.92. The third-order valence-corrected chi connectivity index (χ3v) is 7.26. The number of nitrogens with one attached hydrogen (secondary N) is 1. The van der Waals surface area contributed by atoms with Crippen LogP contribution >= 0.6 is 31.9 Å². The molecule has 182 valence electrons. The van der Waals surface area contributed by atoms with Crippen LogP contribution in [-0.2, 0) is 16.0 Å². The molecular formula is C26H25Br2N3O4. The number of hydrazine groups is 1. The highest BCUT2D eigenvalue weighted by atomic mass is 79.9. The van der Waals surface area contributed by atoms with Crippen molar-refractivity contribution in [1.82, 2.24) is 5.43 Å². The van der Waals surface area contributed by atoms with Crippen LogP contribution in [0, 0.1) is 0 Å². The fraction of sp³-hybridized carbons (Fsp3) is 0.231. The molecule has 0 bridgehead atoms. The lowest BCUT2D eigenvalue weighted by molar-refractivity contribution is -0.129. The summed E-state index contributed by atoms with van der Waals surface area (Å²) >= 11 is 7.20. The maximum atomic E-state index is 13.4. The molecule has 9 heteroatoms. The topological polar surface area (TPSA) is 106 Å². The minimum Gasteiger partial charge on any atom is -0.494 e. The molecule has 7 nitrogen and oxygen atoms in total. The van der Waals surface area contributed by atoms with Crippen LogP contribution in [0.4, 0.5) is 0 Å². The normalized spacial score (nSPS) is 19.1. The molecule has 3 aromatic carbocycles. The van der Waals surface area contributed by atoms with E-state index in [0.717, 1.165) is 20.1 Å². The Bertz CT molecular complexity index is 1220. The second-order valence-corrected chi connectivity index (χ2v) is 9.76. The van der Waals surface area contributed by atoms with E-state index in [0.29, 0.717) is 30.2 Å². The number of ether oxygens (including phenoxy) is 2. The highest BCUT2D eigenvalue weighted by Crippen LogP contribution is 2.45. The zero-order valence-electron chi connectivity index (χ0n) is 18.8. The molecule has 0 radical (unpaired) electrons. The second-order valence-electron chi connectivity index (χ2n) is 8.05. The van der Waals surface area contributed by atoms with Gasteiger partial charge in [-0.25, -0.2) is 10.8 Å². The van der Waals surface area contributed by atoms with Crippen LogP contribution in [0.3, 0.4) is 0 Å². The maximum absolute atomic E-state index is 13.4. The predicted molar refractivity (Wildman–Crippen MR) is 141 cm³/mol. The van der Waals surface area contributed by atoms with Crippen molar-refractivity contribution in [2.24, 2.45) is 10.8 Å². The van der Waals surface area contributed by atoms with Gasteiger partial charge in [0.1, 0.15) is 5.75 Å². The number of halogens is 2. The Morgan fingerprint density at radius 3 is 2.40 bits per heavy atom. The predicted octanol–water partition coefficient (Wildman–Crippen LogP) is 4.46. The van der Waals surface area contributed by atoms with E-state index >= 15 is 0 Å². The molecule has 2 atom stereocenters. The summed E-state index contributed by atoms with van der Waals surface area (Å²) in [5.41, 5.74) is 3.35. The van der Waals surface area contributed by atoms with Gasteiger partial charge in [-0.15, -0.1) is 0 Å². The Hall–Kier alpha value is -2.72. The number of nitrogens with zero attached hydrogens (tertiary/aromatic N) is 1. The summed E-state index contributed by atoms with van der Waals surface area (Å²) in [6.07, 6.45) is 0.0796. The zero-order valence-corrected chi connectivity index (χ0v) is 22.0. The lowest BCUT2D eigenvalue weighted by Crippen LogP contribution is -2.52. The Morgan fingerprint density at radius 1 is 1.06 bits per heavy atom. The molecule has 4 N–H and O–H groups in total. The average molecular weight is 603 g/mol. The number of aliphatic imine (C=N–C) groups is 1. The first-order valence-corrected chi connectivity index (χ1v) is 12.7. The van der Waals surface area contributed by atoms with E-state index in [1.54, 1.807) is 0 Å². The number of aliphatic hydroxyl groups is 1. The van der Waals surface area contributed by atoms with Gasteiger partial charge in [0, 0.05) is 39.5 Å². The van der Waals surface area contributed by atoms with Crippen molar-refractivity contribution in [2.75, 3.05) is 13.2 Å². The third kappa shape index (κ3) is 5.43. The van der Waals surface area contributed by atoms with E-state index in [-0.39, 0.29) is 13.0 Å². The van der Waals surface area contributed by atoms with E-state index < -0.39 is 17.6 Å². The summed E-state index contributed by atoms with van der Waals surface area (Å²) < 4.78 is 13.7. The second kappa shape index (κ2) is 11.3. The summed E-state index contributed by atoms with van der Waals surface area (Å²) in [7, 11) is 0. The van der Waals surface area contributed by atoms with Gasteiger partial charge in [-0.2, -0.15) is 0 Å². The quantitative estimate of drug-likeness (QED) is 0.145. The molecule has 0 saturated carbocycles. The van der Waals surface area contributed by atoms with E-state index in [9.17, 15) is 4.79 Å². The Balaban J connectivity index is 1.78. The lowest BCUT2D eigenvalue weighted by Gasteiger charge is -2.30. The Morgan fingerprint density at radius 2 is 1.74 bits per heavy atom. The number of aliphatic hydroxyl groups excluding tert-OH is 1. The number of carbonyl (C=O) groups is 1. The SMILES string of the molecule is NNC(=O)[C@@]1(Cc2ccccc2Br)N=C(c2ccc(OCCCO)cc2)O[C@H]1c1ccccc1Br. The number of amides is 1. The van der Waals surface area contributed by atoms with Crippen molar-refractivity contribution in [1.29, 1.82) is 0 Å². The number of rotatable bonds is 9. The molecule has 35 heavy (non-hydrogen) atoms. The van der Waals surface area contributed by atoms with Gasteiger partial charge in [-0.05, 0) is 42.0 Å². The van der Waals surface area contributed by atoms with Crippen LogP contribution < -0.4 is 16.0 Å². The molecular weight excluding hydrogens is 578 g/mol. The van der Waals surface area contributed by atoms with Gasteiger partial charge in [0.2, 0.25) is 5.90 Å². The minimum atomic E-state index is -1.35. The summed E-state index contributed by atoms with van der Waals surface area (Å²) in [5.74, 6) is 6.24. The van der Waals surface area contributed by atoms with E-state index in [1.807, 2.05) is 72.8 Å². The smallest absolute Gasteiger partial charge is 0.266 e. The number of carbonyl (C=O) groups excluding carboxylic acids is 1. The van der Waals surface area contributed by atoms with Crippen molar-refractivity contribution >= 4 is 43.7 Å². The largest absolute Gasteiger partial charge is 0.494 e. The van der Waals surface area contributed by atoms with Gasteiger partial charge in [-0.3, -0.25) is 10.2 Å². The maximum Gasteiger partial charge on any atom is 0.266 e. The molecule has 0 spiro atoms. The zero-order chi connectivity index (χ0) is 24.8. The summed E-state index contributed by atoms with van der Waals surface area (Å²) in [5, 5.41) is 8.95. The van der Waals surface area contributed by atoms with Crippen LogP contribution in [0.25, 0.3) is 0 Å². The van der Waals surface area contributed by atoms with Gasteiger partial charge in [0.25, 0.3) is 5.91 Å². The summed E-state index contributed by atoms with van der Waals surface area (Å²) in [4.78, 5) is 18.3. The molecule has 0 aromatic heterocycles. The first kappa shape index (κ1) is 25.4. The molecule has 0 unspecified atom stereocenters. The van der Waals surface area contributed by atoms with Crippen molar-refractivity contribution in [2.45, 2.75) is 24.5 Å². The monoisotopic (exact) mass is 601 g/mol. The highest BCUT2D eigenvalue weighted by Gasteiger charge is 2.53. The third-order valence-electron chi connectivity index (χ3n) is 5.77. The first-order chi connectivity index (χ1) is 17.0. The molecule has 1 aliphatic heterocycles. The van der Waals surface area contributed by atoms with Gasteiger partial charge in [0.15, 0.2) is 11.6 Å². The van der Waals surface area contributed by atoms with Crippen LogP contribution in [0.5, 0.6) is 5.75 Å². The first-order valence-electron chi connectivity index (χ1n) is 11.1. The van der Waals surface area contributed by atoms with Crippen LogP contribution in [-0.4, -0.2) is 35.7 Å². The summed E-state index contributed by atoms with van der Waals surface area (Å²) in [6.45, 7) is 0.491. The molecule has 1 heterocycles. The fourth-order valence-electron chi connectivity index (χ4n) is 4.00. The molecule has 0 fully saturated rings. The Kier molecular flexibility index (Phi) is 8.22. The van der Waals surface area contributed by atoms with Gasteiger partial charge >= 0.3 is 0 Å². The van der Waals surface area contributed by atoms with Crippen molar-refractivity contribution in [3.63, 3.8) is 0 Å². The molecule has 0 aliphatic carbocycles. The van der Waals surface area contributed by atoms with Crippen molar-refractivity contribution < 1.29 is 19.4 Å². The molecule has 1 amide bonds. The van der Waals surface area contributed by atoms with Crippen LogP contribution in [0.15, 0.2) is 86.7 Å². The van der Waals surface area contributed by atoms with E-state index in [4.69, 9.17) is 25.4 Å². The standard InChI is InChI=1S/C26H25Br2N3O4/c27-21-8-3-1-6-18(21)16-26(25(33)31-29)23(20-7-2-4-9-22(20)28)35-24(30-26)17-10-12-19(13-11-17)34-15-5-14-32/h1-4,6-13,23,32H,5,14-16,29H2,(H,31,33)/t23-,26-/m0/s1. The Labute approximate surface area is 220 Å². The number of benzene rings is 3. The van der Waals surface area contributed by atoms with E-state index in [1.165, 1.54) is 0 Å². The minimum absolute atomic E-state index is 0.0714. The molecule has 0 saturated heterocycles. The molecule has 3 aromatic rings. The van der Waals surface area contributed by atoms with Gasteiger partial charge in [-0.1, -0.05) is 68.3 Å². The number of nitrogens with two attached hydrogens (primary N) is 1. The summed E-state index contributed by atoms with van der Waals surface area (Å²) in [6, 6.07) is 22.6. The lowest BCUT2D eigenvalue weighted by atomic mass is 9.82. The number of hydrogen-bond donors (Lipinski definition) is 3. The van der Waals surface area contributed by atoms with Crippen molar-refractivity contribution in [3.8, 4) is 5.75 Å². The van der Waals surface area contributed by atoms with Gasteiger partial charge in [0.05, 0.1) is 6.61 Å². The van der Waals surface area contributed by atoms with Crippen LogP contribution in [0.2, 0.25) is 0 Å². The molecule has 4 rings (SSSR count).